The fourth-order valence-electron chi connectivity index (χ4n) is 11.6. The molecule has 0 unspecified atom stereocenters. The van der Waals surface area contributed by atoms with Gasteiger partial charge in [0, 0.05) is 57.2 Å². The minimum absolute atomic E-state index is 0.0735. The summed E-state index contributed by atoms with van der Waals surface area (Å²) in [7, 11) is 0. The van der Waals surface area contributed by atoms with Gasteiger partial charge in [-0.2, -0.15) is 0 Å². The Hall–Kier alpha value is -9.06. The van der Waals surface area contributed by atoms with E-state index < -0.39 is 107 Å². The molecule has 0 radical (unpaired) electrons. The number of benzene rings is 6. The van der Waals surface area contributed by atoms with Crippen LogP contribution in [0.15, 0.2) is 158 Å². The van der Waals surface area contributed by atoms with Gasteiger partial charge in [0.05, 0.1) is 0 Å². The first kappa shape index (κ1) is 56.2. The second-order valence-corrected chi connectivity index (χ2v) is 21.5. The van der Waals surface area contributed by atoms with Crippen LogP contribution < -0.4 is 31.9 Å². The van der Waals surface area contributed by atoms with Crippen LogP contribution in [-0.2, 0) is 76.9 Å². The van der Waals surface area contributed by atoms with Crippen LogP contribution >= 0.6 is 0 Å². The lowest BCUT2D eigenvalue weighted by atomic mass is 9.92. The van der Waals surface area contributed by atoms with E-state index in [1.54, 1.807) is 72.8 Å². The van der Waals surface area contributed by atoms with E-state index >= 15 is 8.78 Å². The second kappa shape index (κ2) is 25.6. The van der Waals surface area contributed by atoms with E-state index in [1.807, 2.05) is 54.6 Å². The van der Waals surface area contributed by atoms with Gasteiger partial charge in [0.25, 0.3) is 0 Å². The van der Waals surface area contributed by atoms with Gasteiger partial charge in [-0.05, 0) is 76.8 Å². The molecule has 4 saturated heterocycles. The monoisotopic (exact) mass is 1110 g/mol. The number of amides is 8. The van der Waals surface area contributed by atoms with Gasteiger partial charge in [0.1, 0.15) is 60.0 Å². The molecule has 422 valence electrons. The molecule has 8 atom stereocenters. The van der Waals surface area contributed by atoms with Gasteiger partial charge in [-0.25, -0.2) is 8.78 Å². The van der Waals surface area contributed by atoms with Crippen molar-refractivity contribution in [3.8, 4) is 11.1 Å². The van der Waals surface area contributed by atoms with Crippen LogP contribution in [0.25, 0.3) is 11.1 Å². The van der Waals surface area contributed by atoms with Crippen molar-refractivity contribution in [1.29, 1.82) is 0 Å². The zero-order valence-corrected chi connectivity index (χ0v) is 45.0. The van der Waals surface area contributed by atoms with E-state index in [-0.39, 0.29) is 62.7 Å². The smallest absolute Gasteiger partial charge is 0.246 e. The molecule has 0 aromatic heterocycles. The van der Waals surface area contributed by atoms with Crippen molar-refractivity contribution in [1.82, 2.24) is 41.7 Å². The topological polar surface area (TPSA) is 215 Å². The normalized spacial score (nSPS) is 23.7. The van der Waals surface area contributed by atoms with Crippen molar-refractivity contribution in [3.05, 3.63) is 203 Å². The Morgan fingerprint density at radius 3 is 1.18 bits per heavy atom. The van der Waals surface area contributed by atoms with Gasteiger partial charge < -0.3 is 41.7 Å². The molecular formula is C64H64F2N8O8. The summed E-state index contributed by atoms with van der Waals surface area (Å²) in [5, 5.41) is 17.1. The van der Waals surface area contributed by atoms with Crippen molar-refractivity contribution in [2.45, 2.75) is 113 Å². The third-order valence-corrected chi connectivity index (χ3v) is 15.9. The Labute approximate surface area is 473 Å². The predicted octanol–water partition coefficient (Wildman–Crippen LogP) is 4.61. The van der Waals surface area contributed by atoms with Crippen LogP contribution in [0.2, 0.25) is 0 Å². The first-order chi connectivity index (χ1) is 39.8. The van der Waals surface area contributed by atoms with Crippen molar-refractivity contribution in [2.24, 2.45) is 0 Å². The summed E-state index contributed by atoms with van der Waals surface area (Å²) in [4.78, 5) is 118. The Kier molecular flexibility index (Phi) is 17.5. The Morgan fingerprint density at radius 1 is 0.341 bits per heavy atom. The van der Waals surface area contributed by atoms with Crippen LogP contribution in [0, 0.1) is 11.6 Å². The van der Waals surface area contributed by atoms with E-state index in [0.29, 0.717) is 42.4 Å². The van der Waals surface area contributed by atoms with Gasteiger partial charge in [-0.3, -0.25) is 38.4 Å². The number of rotatable bonds is 13. The summed E-state index contributed by atoms with van der Waals surface area (Å²) in [6.07, 6.45) is 1.22. The largest absolute Gasteiger partial charge is 0.342 e. The molecule has 0 aliphatic carbocycles. The minimum atomic E-state index is -1.41. The van der Waals surface area contributed by atoms with Gasteiger partial charge in [-0.15, -0.1) is 0 Å². The standard InChI is InChI=1S/C64H64F2N8O8/c65-47-25-13-11-23-44(47)38-52-60(78)72-54(64(82)74-31-15-27-56(74)62(80)70-50(58(76)68-52)34-40-18-6-2-7-19-40)37-43-22-10-12-24-45(43)46-29-28-42(32-48(46)66)36-51-59(77)71-53(35-41-20-8-3-9-21-41)63(81)73-30-14-26-55(73)61(79)69-49(57(75)67-51)33-39-16-4-1-5-17-39/h1-13,16-25,28-29,32,49-56H,14-15,26-27,30-31,33-38H2,(H,67,75)(H,68,76)(H,69,79)(H,70,80)(H,71,77)(H,72,78)/t49-,50-,51+,52+,53-,54-,55+,56+/m0/s1. The molecule has 0 bridgehead atoms. The summed E-state index contributed by atoms with van der Waals surface area (Å²) in [6.45, 7) is 0.461. The van der Waals surface area contributed by atoms with E-state index in [4.69, 9.17) is 0 Å². The number of halogens is 2. The highest BCUT2D eigenvalue weighted by molar-refractivity contribution is 6.00. The highest BCUT2D eigenvalue weighted by Gasteiger charge is 2.43. The maximum Gasteiger partial charge on any atom is 0.246 e. The quantitative estimate of drug-likeness (QED) is 0.0959. The van der Waals surface area contributed by atoms with Gasteiger partial charge >= 0.3 is 0 Å². The predicted molar refractivity (Wildman–Crippen MR) is 301 cm³/mol. The second-order valence-electron chi connectivity index (χ2n) is 21.5. The number of nitrogens with zero attached hydrogens (tertiary/aromatic N) is 2. The maximum absolute atomic E-state index is 17.0. The lowest BCUT2D eigenvalue weighted by molar-refractivity contribution is -0.143. The Morgan fingerprint density at radius 2 is 0.707 bits per heavy atom. The average molecular weight is 1110 g/mol. The Bertz CT molecular complexity index is 3350. The summed E-state index contributed by atoms with van der Waals surface area (Å²) in [5.74, 6) is -6.20. The lowest BCUT2D eigenvalue weighted by Gasteiger charge is -2.33. The molecule has 6 aromatic carbocycles. The first-order valence-electron chi connectivity index (χ1n) is 27.9. The molecule has 4 aliphatic rings. The number of carbonyl (C=O) groups is 8. The van der Waals surface area contributed by atoms with Gasteiger partial charge in [0.2, 0.25) is 47.3 Å². The fraction of sp³-hybridized carbons (Fsp3) is 0.312. The van der Waals surface area contributed by atoms with E-state index in [2.05, 4.69) is 31.9 Å². The van der Waals surface area contributed by atoms with Crippen molar-refractivity contribution < 1.29 is 47.1 Å². The van der Waals surface area contributed by atoms with Crippen molar-refractivity contribution >= 4 is 47.3 Å². The fourth-order valence-corrected chi connectivity index (χ4v) is 11.6. The SMILES string of the molecule is O=C1N[C@H](Cc2ccc(-c3ccccc3C[C@@H]3NC(=O)[C@@H](Cc4ccccc4F)NC(=O)[C@H](Cc4ccccc4)NC(=O)[C@H]4CCCN4C3=O)c(F)c2)C(=O)N[C@@H](Cc2ccccc2)C(=O)N2CCC[C@@H]2C(=O)N[C@H]1Cc1ccccc1. The number of hydrogen-bond donors (Lipinski definition) is 6. The number of nitrogens with one attached hydrogen (secondary N) is 6. The summed E-state index contributed by atoms with van der Waals surface area (Å²) in [6, 6.07) is 34.8. The summed E-state index contributed by atoms with van der Waals surface area (Å²) >= 11 is 0. The molecule has 6 N–H and O–H groups in total. The lowest BCUT2D eigenvalue weighted by Crippen LogP contribution is -2.62. The molecule has 8 amide bonds. The molecule has 4 fully saturated rings. The van der Waals surface area contributed by atoms with Crippen molar-refractivity contribution in [2.75, 3.05) is 13.1 Å². The molecule has 0 saturated carbocycles. The third-order valence-electron chi connectivity index (χ3n) is 15.9. The molecular weight excluding hydrogens is 1050 g/mol. The maximum atomic E-state index is 17.0. The number of fused-ring (bicyclic) bond motifs is 2. The first-order valence-corrected chi connectivity index (χ1v) is 27.9. The third kappa shape index (κ3) is 13.2. The highest BCUT2D eigenvalue weighted by Crippen LogP contribution is 2.30. The van der Waals surface area contributed by atoms with Crippen LogP contribution in [0.4, 0.5) is 8.78 Å². The molecule has 18 heteroatoms. The molecule has 16 nitrogen and oxygen atoms in total. The Balaban J connectivity index is 0.941. The molecule has 4 heterocycles. The molecule has 6 aromatic rings. The molecule has 0 spiro atoms. The zero-order valence-electron chi connectivity index (χ0n) is 45.0. The zero-order chi connectivity index (χ0) is 57.3. The van der Waals surface area contributed by atoms with Crippen LogP contribution in [-0.4, -0.2) is 118 Å². The molecule has 82 heavy (non-hydrogen) atoms. The van der Waals surface area contributed by atoms with Crippen molar-refractivity contribution in [3.63, 3.8) is 0 Å². The van der Waals surface area contributed by atoms with E-state index in [1.165, 1.54) is 40.1 Å². The van der Waals surface area contributed by atoms with Crippen LogP contribution in [0.3, 0.4) is 0 Å². The van der Waals surface area contributed by atoms with Gasteiger partial charge in [0.15, 0.2) is 0 Å². The van der Waals surface area contributed by atoms with E-state index in [0.717, 1.165) is 16.7 Å². The molecule has 4 aliphatic heterocycles. The highest BCUT2D eigenvalue weighted by atomic mass is 19.1. The summed E-state index contributed by atoms with van der Waals surface area (Å²) < 4.78 is 32.3. The van der Waals surface area contributed by atoms with Crippen LogP contribution in [0.5, 0.6) is 0 Å². The van der Waals surface area contributed by atoms with Crippen LogP contribution in [0.1, 0.15) is 59.1 Å². The summed E-state index contributed by atoms with van der Waals surface area (Å²) in [5.41, 5.74) is 3.55. The minimum Gasteiger partial charge on any atom is -0.342 e. The van der Waals surface area contributed by atoms with Gasteiger partial charge in [-0.1, -0.05) is 146 Å². The number of carbonyl (C=O) groups excluding carboxylic acids is 8. The number of hydrogen-bond acceptors (Lipinski definition) is 8. The molecule has 10 rings (SSSR count). The van der Waals surface area contributed by atoms with E-state index in [9.17, 15) is 38.4 Å². The average Bonchev–Trinajstić information content (AvgIpc) is 4.20.